The first-order valence-electron chi connectivity index (χ1n) is 8.52. The Morgan fingerprint density at radius 3 is 2.63 bits per heavy atom. The van der Waals surface area contributed by atoms with Crippen molar-refractivity contribution in [2.45, 2.75) is 18.8 Å². The monoisotopic (exact) mass is 382 g/mol. The van der Waals surface area contributed by atoms with Gasteiger partial charge >= 0.3 is 6.36 Å². The highest BCUT2D eigenvalue weighted by atomic mass is 19.4. The van der Waals surface area contributed by atoms with E-state index in [1.807, 2.05) is 13.2 Å². The van der Waals surface area contributed by atoms with Gasteiger partial charge in [-0.2, -0.15) is 5.10 Å². The lowest BCUT2D eigenvalue weighted by molar-refractivity contribution is -0.274. The summed E-state index contributed by atoms with van der Waals surface area (Å²) in [5.74, 6) is -0.440. The van der Waals surface area contributed by atoms with Gasteiger partial charge in [0.25, 0.3) is 0 Å². The molecule has 1 N–H and O–H groups in total. The summed E-state index contributed by atoms with van der Waals surface area (Å²) in [6.07, 6.45) is -1.03. The number of aromatic nitrogens is 2. The molecule has 2 atom stereocenters. The summed E-state index contributed by atoms with van der Waals surface area (Å²) < 4.78 is 42.2. The molecule has 1 aromatic carbocycles. The van der Waals surface area contributed by atoms with Gasteiger partial charge in [0.05, 0.1) is 12.1 Å². The van der Waals surface area contributed by atoms with Crippen molar-refractivity contribution in [1.82, 2.24) is 20.0 Å². The Balaban J connectivity index is 1.63. The van der Waals surface area contributed by atoms with Crippen LogP contribution in [0.15, 0.2) is 36.7 Å². The molecule has 0 saturated carbocycles. The van der Waals surface area contributed by atoms with Crippen LogP contribution in [-0.2, 0) is 18.4 Å². The summed E-state index contributed by atoms with van der Waals surface area (Å²) in [6, 6.07) is 5.54. The van der Waals surface area contributed by atoms with Gasteiger partial charge in [-0.25, -0.2) is 0 Å². The maximum atomic E-state index is 12.9. The van der Waals surface area contributed by atoms with E-state index in [0.717, 1.165) is 11.1 Å². The maximum absolute atomic E-state index is 12.9. The third kappa shape index (κ3) is 4.79. The number of amides is 1. The standard InChI is InChI=1S/C18H21F3N4O2/c1-24(10-12-3-5-14(6-4-12)27-18(19,20)21)17(26)16-9-22-8-15(16)13-7-23-25(2)11-13/h3-7,11,15-16,22H,8-10H2,1-2H3/t15-,16+/m1/s1. The van der Waals surface area contributed by atoms with Gasteiger partial charge < -0.3 is 15.0 Å². The number of ether oxygens (including phenoxy) is 1. The molecular weight excluding hydrogens is 361 g/mol. The molecule has 0 aliphatic carbocycles. The summed E-state index contributed by atoms with van der Waals surface area (Å²) >= 11 is 0. The number of nitrogens with one attached hydrogen (secondary N) is 1. The third-order valence-electron chi connectivity index (χ3n) is 4.64. The number of hydrogen-bond acceptors (Lipinski definition) is 4. The van der Waals surface area contributed by atoms with Crippen LogP contribution in [0, 0.1) is 5.92 Å². The quantitative estimate of drug-likeness (QED) is 0.862. The number of rotatable bonds is 5. The van der Waals surface area contributed by atoms with Crippen molar-refractivity contribution in [2.75, 3.05) is 20.1 Å². The average Bonchev–Trinajstić information content (AvgIpc) is 3.23. The zero-order valence-corrected chi connectivity index (χ0v) is 15.0. The minimum atomic E-state index is -4.72. The molecule has 0 bridgehead atoms. The predicted molar refractivity (Wildman–Crippen MR) is 91.9 cm³/mol. The Hall–Kier alpha value is -2.55. The molecule has 27 heavy (non-hydrogen) atoms. The molecule has 1 aliphatic rings. The molecule has 146 valence electrons. The number of halogens is 3. The van der Waals surface area contributed by atoms with Crippen LogP contribution in [0.5, 0.6) is 5.75 Å². The molecule has 1 fully saturated rings. The summed E-state index contributed by atoms with van der Waals surface area (Å²) in [5, 5.41) is 7.42. The lowest BCUT2D eigenvalue weighted by atomic mass is 9.90. The van der Waals surface area contributed by atoms with E-state index in [1.54, 1.807) is 22.8 Å². The molecule has 0 unspecified atom stereocenters. The average molecular weight is 382 g/mol. The molecule has 0 spiro atoms. The Bertz CT molecular complexity index is 789. The van der Waals surface area contributed by atoms with Crippen molar-refractivity contribution < 1.29 is 22.7 Å². The molecule has 1 aliphatic heterocycles. The number of benzene rings is 1. The highest BCUT2D eigenvalue weighted by Gasteiger charge is 2.36. The predicted octanol–water partition coefficient (Wildman–Crippen LogP) is 2.28. The first-order chi connectivity index (χ1) is 12.7. The molecule has 0 radical (unpaired) electrons. The molecule has 3 rings (SSSR count). The normalized spacial score (nSPS) is 19.9. The molecular formula is C18H21F3N4O2. The van der Waals surface area contributed by atoms with Crippen LogP contribution in [0.1, 0.15) is 17.0 Å². The molecule has 1 aromatic heterocycles. The van der Waals surface area contributed by atoms with E-state index in [4.69, 9.17) is 0 Å². The van der Waals surface area contributed by atoms with E-state index >= 15 is 0 Å². The van der Waals surface area contributed by atoms with Crippen LogP contribution >= 0.6 is 0 Å². The Kier molecular flexibility index (Phi) is 5.41. The van der Waals surface area contributed by atoms with Crippen molar-refractivity contribution >= 4 is 5.91 Å². The van der Waals surface area contributed by atoms with Crippen molar-refractivity contribution in [2.24, 2.45) is 13.0 Å². The summed E-state index contributed by atoms with van der Waals surface area (Å²) in [7, 11) is 3.53. The van der Waals surface area contributed by atoms with Crippen LogP contribution < -0.4 is 10.1 Å². The maximum Gasteiger partial charge on any atom is 0.573 e. The fourth-order valence-electron chi connectivity index (χ4n) is 3.35. The summed E-state index contributed by atoms with van der Waals surface area (Å²) in [5.41, 5.74) is 1.74. The van der Waals surface area contributed by atoms with Crippen molar-refractivity contribution in [1.29, 1.82) is 0 Å². The number of carbonyl (C=O) groups excluding carboxylic acids is 1. The van der Waals surface area contributed by atoms with Gasteiger partial charge in [-0.3, -0.25) is 9.48 Å². The Labute approximate surface area is 154 Å². The molecule has 6 nitrogen and oxygen atoms in total. The molecule has 9 heteroatoms. The smallest absolute Gasteiger partial charge is 0.406 e. The van der Waals surface area contributed by atoms with E-state index in [0.29, 0.717) is 19.6 Å². The van der Waals surface area contributed by atoms with E-state index in [-0.39, 0.29) is 23.5 Å². The first kappa shape index (κ1) is 19.2. The van der Waals surface area contributed by atoms with Crippen LogP contribution in [0.3, 0.4) is 0 Å². The van der Waals surface area contributed by atoms with Gasteiger partial charge in [0.2, 0.25) is 5.91 Å². The van der Waals surface area contributed by atoms with E-state index < -0.39 is 6.36 Å². The number of carbonyl (C=O) groups is 1. The minimum absolute atomic E-state index is 0.00975. The molecule has 1 amide bonds. The van der Waals surface area contributed by atoms with Gasteiger partial charge in [-0.15, -0.1) is 13.2 Å². The lowest BCUT2D eigenvalue weighted by Gasteiger charge is -2.24. The lowest BCUT2D eigenvalue weighted by Crippen LogP contribution is -2.35. The van der Waals surface area contributed by atoms with Crippen molar-refractivity contribution in [3.05, 3.63) is 47.8 Å². The van der Waals surface area contributed by atoms with E-state index in [9.17, 15) is 18.0 Å². The summed E-state index contributed by atoms with van der Waals surface area (Å²) in [4.78, 5) is 14.5. The van der Waals surface area contributed by atoms with E-state index in [1.165, 1.54) is 24.3 Å². The third-order valence-corrected chi connectivity index (χ3v) is 4.64. The van der Waals surface area contributed by atoms with Gasteiger partial charge in [-0.05, 0) is 23.3 Å². The largest absolute Gasteiger partial charge is 0.573 e. The van der Waals surface area contributed by atoms with Gasteiger partial charge in [-0.1, -0.05) is 12.1 Å². The van der Waals surface area contributed by atoms with Crippen molar-refractivity contribution in [3.8, 4) is 5.75 Å². The van der Waals surface area contributed by atoms with Gasteiger partial charge in [0.15, 0.2) is 0 Å². The Morgan fingerprint density at radius 2 is 2.04 bits per heavy atom. The zero-order chi connectivity index (χ0) is 19.6. The van der Waals surface area contributed by atoms with Crippen LogP contribution in [0.4, 0.5) is 13.2 Å². The molecule has 2 aromatic rings. The Morgan fingerprint density at radius 1 is 1.33 bits per heavy atom. The fourth-order valence-corrected chi connectivity index (χ4v) is 3.35. The number of alkyl halides is 3. The number of nitrogens with zero attached hydrogens (tertiary/aromatic N) is 3. The second kappa shape index (κ2) is 7.59. The van der Waals surface area contributed by atoms with E-state index in [2.05, 4.69) is 15.2 Å². The highest BCUT2D eigenvalue weighted by Crippen LogP contribution is 2.29. The topological polar surface area (TPSA) is 59.4 Å². The first-order valence-corrected chi connectivity index (χ1v) is 8.52. The highest BCUT2D eigenvalue weighted by molar-refractivity contribution is 5.80. The molecule has 2 heterocycles. The van der Waals surface area contributed by atoms with Gasteiger partial charge in [0.1, 0.15) is 5.75 Å². The second-order valence-electron chi connectivity index (χ2n) is 6.70. The number of hydrogen-bond donors (Lipinski definition) is 1. The van der Waals surface area contributed by atoms with Gasteiger partial charge in [0, 0.05) is 45.8 Å². The fraction of sp³-hybridized carbons (Fsp3) is 0.444. The van der Waals surface area contributed by atoms with Crippen LogP contribution in [-0.4, -0.2) is 47.1 Å². The minimum Gasteiger partial charge on any atom is -0.406 e. The number of aryl methyl sites for hydroxylation is 1. The van der Waals surface area contributed by atoms with Crippen molar-refractivity contribution in [3.63, 3.8) is 0 Å². The van der Waals surface area contributed by atoms with Crippen LogP contribution in [0.2, 0.25) is 0 Å². The second-order valence-corrected chi connectivity index (χ2v) is 6.70. The van der Waals surface area contributed by atoms with Crippen LogP contribution in [0.25, 0.3) is 0 Å². The SMILES string of the molecule is CN(Cc1ccc(OC(F)(F)F)cc1)C(=O)[C@H]1CNC[C@@H]1c1cnn(C)c1. The molecule has 1 saturated heterocycles. The summed E-state index contributed by atoms with van der Waals surface area (Å²) in [6.45, 7) is 1.60. The zero-order valence-electron chi connectivity index (χ0n) is 15.0.